The van der Waals surface area contributed by atoms with Crippen molar-refractivity contribution >= 4 is 77.8 Å². The van der Waals surface area contributed by atoms with Gasteiger partial charge in [0.15, 0.2) is 0 Å². The van der Waals surface area contributed by atoms with Gasteiger partial charge in [0.1, 0.15) is 6.54 Å². The van der Waals surface area contributed by atoms with E-state index in [4.69, 9.17) is 34.8 Å². The lowest BCUT2D eigenvalue weighted by molar-refractivity contribution is -0.114. The molecule has 0 aromatic heterocycles. The number of rotatable bonds is 8. The number of hydrogen-bond donors (Lipinski definition) is 2. The third kappa shape index (κ3) is 6.80. The molecule has 3 aromatic carbocycles. The lowest BCUT2D eigenvalue weighted by Crippen LogP contribution is -2.37. The topological polar surface area (TPSA) is 113 Å². The van der Waals surface area contributed by atoms with Crippen LogP contribution < -0.4 is 14.3 Å². The monoisotopic (exact) mass is 575 g/mol. The van der Waals surface area contributed by atoms with Gasteiger partial charge in [-0.15, -0.1) is 0 Å². The molecule has 8 nitrogen and oxygen atoms in total. The Kier molecular flexibility index (Phi) is 8.23. The quantitative estimate of drug-likeness (QED) is 0.385. The first-order valence-electron chi connectivity index (χ1n) is 9.88. The number of hydrogen-bond acceptors (Lipinski definition) is 5. The van der Waals surface area contributed by atoms with Gasteiger partial charge in [-0.05, 0) is 67.1 Å². The molecule has 1 amide bonds. The molecule has 0 aliphatic rings. The predicted molar refractivity (Wildman–Crippen MR) is 141 cm³/mol. The SMILES string of the molecule is Cc1c(Cl)cccc1NS(=O)(=O)c1ccc(NC(=O)CN(c2ccc(Cl)cc2Cl)S(C)(=O)=O)cc1. The molecule has 0 radical (unpaired) electrons. The zero-order valence-electron chi connectivity index (χ0n) is 18.4. The van der Waals surface area contributed by atoms with Gasteiger partial charge >= 0.3 is 0 Å². The maximum Gasteiger partial charge on any atom is 0.261 e. The van der Waals surface area contributed by atoms with Crippen LogP contribution in [0.1, 0.15) is 5.56 Å². The molecular formula is C22H20Cl3N3O5S2. The molecule has 0 atom stereocenters. The number of carbonyl (C=O) groups excluding carboxylic acids is 1. The van der Waals surface area contributed by atoms with Gasteiger partial charge in [0.2, 0.25) is 15.9 Å². The molecule has 186 valence electrons. The zero-order chi connectivity index (χ0) is 26.0. The Labute approximate surface area is 218 Å². The van der Waals surface area contributed by atoms with Crippen LogP contribution in [0.15, 0.2) is 65.6 Å². The minimum absolute atomic E-state index is 0.0411. The maximum absolute atomic E-state index is 12.7. The molecule has 0 saturated heterocycles. The number of halogens is 3. The van der Waals surface area contributed by atoms with Gasteiger partial charge < -0.3 is 5.32 Å². The van der Waals surface area contributed by atoms with Crippen molar-refractivity contribution in [1.29, 1.82) is 0 Å². The number of anilines is 3. The second kappa shape index (κ2) is 10.6. The highest BCUT2D eigenvalue weighted by atomic mass is 35.5. The molecule has 2 N–H and O–H groups in total. The third-order valence-corrected chi connectivity index (χ3v) is 8.28. The van der Waals surface area contributed by atoms with Gasteiger partial charge in [0.25, 0.3) is 10.0 Å². The van der Waals surface area contributed by atoms with Gasteiger partial charge in [-0.1, -0.05) is 40.9 Å². The van der Waals surface area contributed by atoms with Crippen LogP contribution in [0.5, 0.6) is 0 Å². The van der Waals surface area contributed by atoms with Crippen LogP contribution in [0.3, 0.4) is 0 Å². The van der Waals surface area contributed by atoms with Crippen LogP contribution in [0.25, 0.3) is 0 Å². The Morgan fingerprint density at radius 3 is 2.17 bits per heavy atom. The standard InChI is InChI=1S/C22H20Cl3N3O5S2/c1-14-18(24)4-3-5-20(14)27-35(32,33)17-9-7-16(8-10-17)26-22(29)13-28(34(2,30)31)21-11-6-15(23)12-19(21)25/h3-12,27H,13H2,1-2H3,(H,26,29). The Balaban J connectivity index is 1.75. The Morgan fingerprint density at radius 2 is 1.57 bits per heavy atom. The third-order valence-electron chi connectivity index (χ3n) is 4.83. The van der Waals surface area contributed by atoms with E-state index in [9.17, 15) is 21.6 Å². The van der Waals surface area contributed by atoms with E-state index in [1.54, 1.807) is 25.1 Å². The van der Waals surface area contributed by atoms with Crippen LogP contribution in [-0.2, 0) is 24.8 Å². The Hall–Kier alpha value is -2.50. The highest BCUT2D eigenvalue weighted by Gasteiger charge is 2.23. The molecule has 0 bridgehead atoms. The molecule has 35 heavy (non-hydrogen) atoms. The first-order chi connectivity index (χ1) is 16.3. The number of nitrogens with zero attached hydrogens (tertiary/aromatic N) is 1. The maximum atomic E-state index is 12.7. The van der Waals surface area contributed by atoms with E-state index in [0.717, 1.165) is 10.6 Å². The van der Waals surface area contributed by atoms with Crippen molar-refractivity contribution in [2.24, 2.45) is 0 Å². The molecule has 0 fully saturated rings. The summed E-state index contributed by atoms with van der Waals surface area (Å²) < 4.78 is 53.3. The van der Waals surface area contributed by atoms with E-state index in [2.05, 4.69) is 10.0 Å². The minimum atomic E-state index is -3.91. The number of amides is 1. The second-order valence-electron chi connectivity index (χ2n) is 7.46. The molecule has 0 saturated carbocycles. The van der Waals surface area contributed by atoms with Crippen molar-refractivity contribution < 1.29 is 21.6 Å². The second-order valence-corrected chi connectivity index (χ2v) is 12.3. The lowest BCUT2D eigenvalue weighted by atomic mass is 10.2. The van der Waals surface area contributed by atoms with Crippen molar-refractivity contribution in [2.45, 2.75) is 11.8 Å². The van der Waals surface area contributed by atoms with Gasteiger partial charge in [-0.2, -0.15) is 0 Å². The molecule has 3 aromatic rings. The number of sulfonamides is 2. The Morgan fingerprint density at radius 1 is 0.914 bits per heavy atom. The first kappa shape index (κ1) is 27.1. The minimum Gasteiger partial charge on any atom is -0.325 e. The van der Waals surface area contributed by atoms with Crippen molar-refractivity contribution in [3.63, 3.8) is 0 Å². The highest BCUT2D eigenvalue weighted by Crippen LogP contribution is 2.30. The largest absolute Gasteiger partial charge is 0.325 e. The summed E-state index contributed by atoms with van der Waals surface area (Å²) in [7, 11) is -7.77. The summed E-state index contributed by atoms with van der Waals surface area (Å²) in [5.41, 5.74) is 1.29. The number of nitrogens with one attached hydrogen (secondary N) is 2. The van der Waals surface area contributed by atoms with Gasteiger partial charge in [0, 0.05) is 15.7 Å². The Bertz CT molecular complexity index is 1480. The molecule has 0 heterocycles. The van der Waals surface area contributed by atoms with E-state index in [1.165, 1.54) is 42.5 Å². The van der Waals surface area contributed by atoms with Crippen LogP contribution >= 0.6 is 34.8 Å². The molecular weight excluding hydrogens is 557 g/mol. The van der Waals surface area contributed by atoms with Crippen molar-refractivity contribution in [3.8, 4) is 0 Å². The summed E-state index contributed by atoms with van der Waals surface area (Å²) in [6, 6.07) is 14.5. The van der Waals surface area contributed by atoms with Crippen LogP contribution in [0.4, 0.5) is 17.1 Å². The fourth-order valence-electron chi connectivity index (χ4n) is 3.03. The van der Waals surface area contributed by atoms with Crippen LogP contribution in [0, 0.1) is 6.92 Å². The normalized spacial score (nSPS) is 11.7. The van der Waals surface area contributed by atoms with Gasteiger partial charge in [-0.3, -0.25) is 13.8 Å². The summed E-state index contributed by atoms with van der Waals surface area (Å²) in [5, 5.41) is 3.34. The molecule has 0 aliphatic heterocycles. The number of benzene rings is 3. The van der Waals surface area contributed by atoms with Gasteiger partial charge in [-0.25, -0.2) is 16.8 Å². The van der Waals surface area contributed by atoms with E-state index in [0.29, 0.717) is 21.3 Å². The van der Waals surface area contributed by atoms with E-state index in [-0.39, 0.29) is 21.3 Å². The van der Waals surface area contributed by atoms with Crippen molar-refractivity contribution in [1.82, 2.24) is 0 Å². The fraction of sp³-hybridized carbons (Fsp3) is 0.136. The zero-order valence-corrected chi connectivity index (χ0v) is 22.3. The van der Waals surface area contributed by atoms with Crippen molar-refractivity contribution in [2.75, 3.05) is 27.1 Å². The van der Waals surface area contributed by atoms with E-state index < -0.39 is 32.5 Å². The fourth-order valence-corrected chi connectivity index (χ4v) is 5.76. The number of carbonyl (C=O) groups is 1. The highest BCUT2D eigenvalue weighted by molar-refractivity contribution is 7.92. The predicted octanol–water partition coefficient (Wildman–Crippen LogP) is 5.16. The summed E-state index contributed by atoms with van der Waals surface area (Å²) >= 11 is 18.0. The van der Waals surface area contributed by atoms with Crippen molar-refractivity contribution in [3.05, 3.63) is 81.3 Å². The average molecular weight is 577 g/mol. The van der Waals surface area contributed by atoms with Gasteiger partial charge in [0.05, 0.1) is 27.5 Å². The molecule has 3 rings (SSSR count). The first-order valence-corrected chi connectivity index (χ1v) is 14.3. The molecule has 0 aliphatic carbocycles. The summed E-state index contributed by atoms with van der Waals surface area (Å²) in [4.78, 5) is 12.5. The van der Waals surface area contributed by atoms with Crippen LogP contribution in [-0.4, -0.2) is 35.5 Å². The molecule has 13 heteroatoms. The summed E-state index contributed by atoms with van der Waals surface area (Å²) in [5.74, 6) is -0.662. The smallest absolute Gasteiger partial charge is 0.261 e. The average Bonchev–Trinajstić information content (AvgIpc) is 2.75. The molecule has 0 spiro atoms. The van der Waals surface area contributed by atoms with E-state index >= 15 is 0 Å². The van der Waals surface area contributed by atoms with E-state index in [1.807, 2.05) is 0 Å². The lowest BCUT2D eigenvalue weighted by Gasteiger charge is -2.23. The van der Waals surface area contributed by atoms with Crippen LogP contribution in [0.2, 0.25) is 15.1 Å². The molecule has 0 unspecified atom stereocenters. The summed E-state index contributed by atoms with van der Waals surface area (Å²) in [6.45, 7) is 1.13. The summed E-state index contributed by atoms with van der Waals surface area (Å²) in [6.07, 6.45) is 0.944.